The topological polar surface area (TPSA) is 69.7 Å². The predicted molar refractivity (Wildman–Crippen MR) is 103 cm³/mol. The van der Waals surface area contributed by atoms with Gasteiger partial charge in [0.25, 0.3) is 5.78 Å². The monoisotopic (exact) mass is 396 g/mol. The summed E-state index contributed by atoms with van der Waals surface area (Å²) in [5, 5.41) is 0.573. The molecule has 0 amide bonds. The minimum atomic E-state index is -0.993. The Morgan fingerprint density at radius 3 is 2.12 bits per heavy atom. The van der Waals surface area contributed by atoms with E-state index < -0.39 is 17.7 Å². The largest absolute Gasteiger partial charge is 0.462 e. The quantitative estimate of drug-likeness (QED) is 0.389. The number of hydrogen-bond acceptors (Lipinski definition) is 6. The molecule has 0 saturated heterocycles. The molecule has 0 aliphatic rings. The molecule has 0 aliphatic carbocycles. The van der Waals surface area contributed by atoms with Crippen LogP contribution < -0.4 is 0 Å². The first-order chi connectivity index (χ1) is 12.5. The van der Waals surface area contributed by atoms with E-state index in [0.29, 0.717) is 9.90 Å². The fourth-order valence-corrected chi connectivity index (χ4v) is 3.17. The minimum absolute atomic E-state index is 0.0110. The van der Waals surface area contributed by atoms with E-state index in [4.69, 9.17) is 21.1 Å². The van der Waals surface area contributed by atoms with Crippen LogP contribution in [0.25, 0.3) is 10.4 Å². The van der Waals surface area contributed by atoms with Crippen LogP contribution in [-0.4, -0.2) is 30.9 Å². The first-order valence-corrected chi connectivity index (χ1v) is 9.45. The van der Waals surface area contributed by atoms with Gasteiger partial charge in [0.05, 0.1) is 23.7 Å². The number of thiophene rings is 1. The Morgan fingerprint density at radius 1 is 1.00 bits per heavy atom. The lowest BCUT2D eigenvalue weighted by Gasteiger charge is -2.02. The molecular weight excluding hydrogens is 376 g/mol. The number of benzene rings is 1. The first-order valence-electron chi connectivity index (χ1n) is 8.26. The molecule has 0 bridgehead atoms. The second-order valence-electron chi connectivity index (χ2n) is 4.63. The summed E-state index contributed by atoms with van der Waals surface area (Å²) in [5.74, 6) is -2.50. The number of hydrogen-bond donors (Lipinski definition) is 0. The van der Waals surface area contributed by atoms with Crippen molar-refractivity contribution in [3.8, 4) is 10.4 Å². The zero-order valence-corrected chi connectivity index (χ0v) is 16.7. The van der Waals surface area contributed by atoms with Crippen LogP contribution >= 0.6 is 22.9 Å². The maximum absolute atomic E-state index is 12.3. The van der Waals surface area contributed by atoms with Gasteiger partial charge in [0.2, 0.25) is 0 Å². The van der Waals surface area contributed by atoms with Crippen molar-refractivity contribution in [3.63, 3.8) is 0 Å². The fraction of sp³-hybridized carbons (Fsp3) is 0.316. The molecule has 0 saturated carbocycles. The second kappa shape index (κ2) is 10.7. The smallest absolute Gasteiger partial charge is 0.380 e. The van der Waals surface area contributed by atoms with Crippen LogP contribution in [0.4, 0.5) is 0 Å². The molecule has 0 aliphatic heterocycles. The molecule has 1 aromatic heterocycles. The van der Waals surface area contributed by atoms with Gasteiger partial charge in [-0.1, -0.05) is 37.6 Å². The Hall–Kier alpha value is -2.18. The molecule has 140 valence electrons. The number of Topliss-reactive ketones (excluding diaryl/α,β-unsaturated/α-hetero) is 1. The predicted octanol–water partition coefficient (Wildman–Crippen LogP) is 5.02. The van der Waals surface area contributed by atoms with Gasteiger partial charge < -0.3 is 9.47 Å². The van der Waals surface area contributed by atoms with Crippen LogP contribution in [0.1, 0.15) is 47.7 Å². The minimum Gasteiger partial charge on any atom is -0.462 e. The maximum atomic E-state index is 12.3. The van der Waals surface area contributed by atoms with Crippen LogP contribution in [0.3, 0.4) is 0 Å². The van der Waals surface area contributed by atoms with E-state index in [0.717, 1.165) is 16.9 Å². The molecule has 0 fully saturated rings. The van der Waals surface area contributed by atoms with E-state index in [1.165, 1.54) is 0 Å². The molecule has 2 rings (SSSR count). The van der Waals surface area contributed by atoms with Gasteiger partial charge in [-0.3, -0.25) is 4.79 Å². The summed E-state index contributed by atoms with van der Waals surface area (Å²) in [6.45, 7) is 7.51. The van der Waals surface area contributed by atoms with E-state index in [1.54, 1.807) is 44.2 Å². The number of carbonyl (C=O) groups excluding carboxylic acids is 3. The van der Waals surface area contributed by atoms with Crippen LogP contribution in [-0.2, 0) is 14.3 Å². The normalized spacial score (nSPS) is 9.73. The van der Waals surface area contributed by atoms with Crippen LogP contribution in [0.5, 0.6) is 0 Å². The SMILES string of the molecule is CC.CCOC(=O)C(=O)c1sc(-c2ccc(Cl)cc2)cc1C(=O)OCC. The summed E-state index contributed by atoms with van der Waals surface area (Å²) in [6.07, 6.45) is 0. The molecule has 5 nitrogen and oxygen atoms in total. The zero-order chi connectivity index (χ0) is 19.7. The highest BCUT2D eigenvalue weighted by Crippen LogP contribution is 2.33. The third-order valence-electron chi connectivity index (χ3n) is 3.02. The van der Waals surface area contributed by atoms with Gasteiger partial charge in [0.15, 0.2) is 0 Å². The summed E-state index contributed by atoms with van der Waals surface area (Å²) in [4.78, 5) is 36.8. The summed E-state index contributed by atoms with van der Waals surface area (Å²) >= 11 is 6.91. The van der Waals surface area contributed by atoms with Crippen molar-refractivity contribution in [1.82, 2.24) is 0 Å². The van der Waals surface area contributed by atoms with Gasteiger partial charge in [0, 0.05) is 9.90 Å². The van der Waals surface area contributed by atoms with E-state index in [1.807, 2.05) is 13.8 Å². The van der Waals surface area contributed by atoms with Gasteiger partial charge in [0.1, 0.15) is 0 Å². The van der Waals surface area contributed by atoms with E-state index in [-0.39, 0.29) is 23.7 Å². The molecule has 0 unspecified atom stereocenters. The Bertz CT molecular complexity index is 765. The number of ketones is 1. The van der Waals surface area contributed by atoms with Crippen molar-refractivity contribution in [2.75, 3.05) is 13.2 Å². The highest BCUT2D eigenvalue weighted by molar-refractivity contribution is 7.18. The van der Waals surface area contributed by atoms with Crippen molar-refractivity contribution >= 4 is 40.7 Å². The Balaban J connectivity index is 0.00000163. The summed E-state index contributed by atoms with van der Waals surface area (Å²) in [5.41, 5.74) is 0.836. The molecular formula is C19H21ClO5S. The molecule has 7 heteroatoms. The first kappa shape index (κ1) is 21.9. The molecule has 0 atom stereocenters. The fourth-order valence-electron chi connectivity index (χ4n) is 1.97. The molecule has 1 heterocycles. The standard InChI is InChI=1S/C17H15ClO5S.C2H6/c1-3-22-16(20)12-9-13(10-5-7-11(18)8-6-10)24-15(12)14(19)17(21)23-4-2;1-2/h5-9H,3-4H2,1-2H3;1-2H3. The van der Waals surface area contributed by atoms with Gasteiger partial charge >= 0.3 is 11.9 Å². The van der Waals surface area contributed by atoms with Crippen molar-refractivity contribution < 1.29 is 23.9 Å². The summed E-state index contributed by atoms with van der Waals surface area (Å²) < 4.78 is 9.70. The molecule has 1 aromatic carbocycles. The third kappa shape index (κ3) is 5.41. The highest BCUT2D eigenvalue weighted by atomic mass is 35.5. The van der Waals surface area contributed by atoms with Crippen molar-refractivity contribution in [3.05, 3.63) is 45.8 Å². The van der Waals surface area contributed by atoms with E-state index >= 15 is 0 Å². The van der Waals surface area contributed by atoms with Crippen LogP contribution in [0.2, 0.25) is 5.02 Å². The van der Waals surface area contributed by atoms with Gasteiger partial charge in [-0.25, -0.2) is 9.59 Å². The van der Waals surface area contributed by atoms with Crippen LogP contribution in [0, 0.1) is 0 Å². The number of esters is 2. The van der Waals surface area contributed by atoms with Gasteiger partial charge in [-0.15, -0.1) is 11.3 Å². The lowest BCUT2D eigenvalue weighted by Crippen LogP contribution is -2.19. The second-order valence-corrected chi connectivity index (χ2v) is 6.12. The number of rotatable bonds is 6. The third-order valence-corrected chi connectivity index (χ3v) is 4.46. The molecule has 2 aromatic rings. The van der Waals surface area contributed by atoms with E-state index in [9.17, 15) is 14.4 Å². The van der Waals surface area contributed by atoms with Crippen LogP contribution in [0.15, 0.2) is 30.3 Å². The van der Waals surface area contributed by atoms with Gasteiger partial charge in [-0.2, -0.15) is 0 Å². The Labute approximate surface area is 161 Å². The summed E-state index contributed by atoms with van der Waals surface area (Å²) in [6, 6.07) is 8.47. The van der Waals surface area contributed by atoms with Crippen molar-refractivity contribution in [1.29, 1.82) is 0 Å². The Morgan fingerprint density at radius 2 is 1.58 bits per heavy atom. The molecule has 0 spiro atoms. The lowest BCUT2D eigenvalue weighted by molar-refractivity contribution is -0.137. The Kier molecular flexibility index (Phi) is 9.02. The van der Waals surface area contributed by atoms with Gasteiger partial charge in [-0.05, 0) is 37.6 Å². The highest BCUT2D eigenvalue weighted by Gasteiger charge is 2.28. The number of halogens is 1. The average molecular weight is 397 g/mol. The number of carbonyl (C=O) groups is 3. The van der Waals surface area contributed by atoms with Crippen molar-refractivity contribution in [2.24, 2.45) is 0 Å². The zero-order valence-electron chi connectivity index (χ0n) is 15.1. The molecule has 0 N–H and O–H groups in total. The number of ether oxygens (including phenoxy) is 2. The van der Waals surface area contributed by atoms with Crippen molar-refractivity contribution in [2.45, 2.75) is 27.7 Å². The maximum Gasteiger partial charge on any atom is 0.380 e. The molecule has 26 heavy (non-hydrogen) atoms. The lowest BCUT2D eigenvalue weighted by atomic mass is 10.1. The van der Waals surface area contributed by atoms with E-state index in [2.05, 4.69) is 0 Å². The molecule has 0 radical (unpaired) electrons. The average Bonchev–Trinajstić information content (AvgIpc) is 3.09. The summed E-state index contributed by atoms with van der Waals surface area (Å²) in [7, 11) is 0.